The molecule has 5 nitrogen and oxygen atoms in total. The van der Waals surface area contributed by atoms with Crippen molar-refractivity contribution in [1.82, 2.24) is 5.32 Å². The standard InChI is InChI=1S/C17H20N2O3/c1-2-6-13(12-20)19-17(21)15-8-3-4-9-16(15)18-11-14-7-5-10-22-14/h2-5,7-10,13,18,20H,1,6,11-12H2,(H,19,21)/t13-/m1/s1. The molecule has 0 bridgehead atoms. The third-order valence-corrected chi connectivity index (χ3v) is 3.21. The minimum Gasteiger partial charge on any atom is -0.467 e. The van der Waals surface area contributed by atoms with Crippen LogP contribution in [0.25, 0.3) is 0 Å². The first kappa shape index (κ1) is 15.9. The fourth-order valence-electron chi connectivity index (χ4n) is 2.07. The van der Waals surface area contributed by atoms with E-state index in [4.69, 9.17) is 4.42 Å². The maximum Gasteiger partial charge on any atom is 0.253 e. The van der Waals surface area contributed by atoms with Crippen LogP contribution in [0.1, 0.15) is 22.5 Å². The van der Waals surface area contributed by atoms with Crippen LogP contribution in [0.2, 0.25) is 0 Å². The predicted octanol–water partition coefficient (Wildman–Crippen LogP) is 2.56. The van der Waals surface area contributed by atoms with Gasteiger partial charge in [-0.1, -0.05) is 18.2 Å². The van der Waals surface area contributed by atoms with E-state index in [0.29, 0.717) is 24.2 Å². The summed E-state index contributed by atoms with van der Waals surface area (Å²) in [6, 6.07) is 10.6. The molecule has 0 aliphatic rings. The van der Waals surface area contributed by atoms with Crippen LogP contribution < -0.4 is 10.6 Å². The lowest BCUT2D eigenvalue weighted by molar-refractivity contribution is 0.0918. The van der Waals surface area contributed by atoms with Gasteiger partial charge >= 0.3 is 0 Å². The molecule has 3 N–H and O–H groups in total. The van der Waals surface area contributed by atoms with Crippen molar-refractivity contribution in [3.63, 3.8) is 0 Å². The second kappa shape index (κ2) is 8.05. The molecule has 0 saturated heterocycles. The van der Waals surface area contributed by atoms with Crippen molar-refractivity contribution in [2.24, 2.45) is 0 Å². The van der Waals surface area contributed by atoms with E-state index < -0.39 is 0 Å². The van der Waals surface area contributed by atoms with E-state index in [0.717, 1.165) is 5.76 Å². The number of para-hydroxylation sites is 1. The van der Waals surface area contributed by atoms with Crippen molar-refractivity contribution >= 4 is 11.6 Å². The van der Waals surface area contributed by atoms with E-state index >= 15 is 0 Å². The van der Waals surface area contributed by atoms with Crippen molar-refractivity contribution in [1.29, 1.82) is 0 Å². The lowest BCUT2D eigenvalue weighted by Crippen LogP contribution is -2.37. The van der Waals surface area contributed by atoms with Crippen molar-refractivity contribution in [2.45, 2.75) is 19.0 Å². The van der Waals surface area contributed by atoms with Gasteiger partial charge in [0.05, 0.1) is 31.0 Å². The molecular formula is C17H20N2O3. The van der Waals surface area contributed by atoms with Gasteiger partial charge in [0.2, 0.25) is 0 Å². The summed E-state index contributed by atoms with van der Waals surface area (Å²) in [5, 5.41) is 15.2. The average Bonchev–Trinajstić information content (AvgIpc) is 3.06. The normalized spacial score (nSPS) is 11.7. The summed E-state index contributed by atoms with van der Waals surface area (Å²) in [6.45, 7) is 3.99. The van der Waals surface area contributed by atoms with Gasteiger partial charge in [0.1, 0.15) is 5.76 Å². The fraction of sp³-hybridized carbons (Fsp3) is 0.235. The van der Waals surface area contributed by atoms with Gasteiger partial charge in [-0.25, -0.2) is 0 Å². The van der Waals surface area contributed by atoms with E-state index in [-0.39, 0.29) is 18.6 Å². The number of anilines is 1. The Bertz CT molecular complexity index is 608. The van der Waals surface area contributed by atoms with Crippen molar-refractivity contribution in [3.8, 4) is 0 Å². The molecule has 22 heavy (non-hydrogen) atoms. The SMILES string of the molecule is C=CC[C@H](CO)NC(=O)c1ccccc1NCc1ccco1. The monoisotopic (exact) mass is 300 g/mol. The summed E-state index contributed by atoms with van der Waals surface area (Å²) < 4.78 is 5.26. The van der Waals surface area contributed by atoms with Crippen LogP contribution in [0.4, 0.5) is 5.69 Å². The molecular weight excluding hydrogens is 280 g/mol. The molecule has 1 atom stereocenters. The zero-order valence-electron chi connectivity index (χ0n) is 12.3. The lowest BCUT2D eigenvalue weighted by Gasteiger charge is -2.16. The fourth-order valence-corrected chi connectivity index (χ4v) is 2.07. The molecule has 2 rings (SSSR count). The van der Waals surface area contributed by atoms with Crippen molar-refractivity contribution in [2.75, 3.05) is 11.9 Å². The number of aliphatic hydroxyl groups excluding tert-OH is 1. The molecule has 0 aliphatic carbocycles. The van der Waals surface area contributed by atoms with Crippen LogP contribution >= 0.6 is 0 Å². The Labute approximate surface area is 129 Å². The van der Waals surface area contributed by atoms with Crippen LogP contribution in [0.5, 0.6) is 0 Å². The molecule has 0 radical (unpaired) electrons. The average molecular weight is 300 g/mol. The second-order valence-electron chi connectivity index (χ2n) is 4.86. The van der Waals surface area contributed by atoms with Gasteiger partial charge in [-0.2, -0.15) is 0 Å². The largest absolute Gasteiger partial charge is 0.467 e. The van der Waals surface area contributed by atoms with Crippen LogP contribution in [0.15, 0.2) is 59.7 Å². The molecule has 0 fully saturated rings. The Kier molecular flexibility index (Phi) is 5.80. The molecule has 1 amide bonds. The van der Waals surface area contributed by atoms with Crippen LogP contribution in [0, 0.1) is 0 Å². The Morgan fingerprint density at radius 2 is 2.14 bits per heavy atom. The quantitative estimate of drug-likeness (QED) is 0.655. The summed E-state index contributed by atoms with van der Waals surface area (Å²) in [5.41, 5.74) is 1.24. The molecule has 116 valence electrons. The second-order valence-corrected chi connectivity index (χ2v) is 4.86. The number of nitrogens with one attached hydrogen (secondary N) is 2. The number of hydrogen-bond acceptors (Lipinski definition) is 4. The minimum atomic E-state index is -0.330. The summed E-state index contributed by atoms with van der Waals surface area (Å²) in [5.74, 6) is 0.554. The molecule has 1 aromatic carbocycles. The highest BCUT2D eigenvalue weighted by molar-refractivity contribution is 5.99. The molecule has 0 unspecified atom stereocenters. The Hall–Kier alpha value is -2.53. The first-order valence-corrected chi connectivity index (χ1v) is 7.12. The number of carbonyl (C=O) groups is 1. The first-order valence-electron chi connectivity index (χ1n) is 7.12. The molecule has 0 saturated carbocycles. The number of hydrogen-bond donors (Lipinski definition) is 3. The zero-order valence-corrected chi connectivity index (χ0v) is 12.3. The van der Waals surface area contributed by atoms with E-state index in [1.807, 2.05) is 24.3 Å². The van der Waals surface area contributed by atoms with Gasteiger partial charge in [0.25, 0.3) is 5.91 Å². The number of carbonyl (C=O) groups excluding carboxylic acids is 1. The highest BCUT2D eigenvalue weighted by Gasteiger charge is 2.15. The van der Waals surface area contributed by atoms with Crippen LogP contribution in [-0.2, 0) is 6.54 Å². The third kappa shape index (κ3) is 4.23. The summed E-state index contributed by atoms with van der Waals surface area (Å²) >= 11 is 0. The minimum absolute atomic E-state index is 0.125. The van der Waals surface area contributed by atoms with Crippen LogP contribution in [-0.4, -0.2) is 23.7 Å². The Balaban J connectivity index is 2.06. The molecule has 2 aromatic rings. The zero-order chi connectivity index (χ0) is 15.8. The topological polar surface area (TPSA) is 74.5 Å². The first-order chi connectivity index (χ1) is 10.7. The molecule has 0 aliphatic heterocycles. The van der Waals surface area contributed by atoms with Crippen LogP contribution in [0.3, 0.4) is 0 Å². The number of amides is 1. The predicted molar refractivity (Wildman–Crippen MR) is 85.6 cm³/mol. The van der Waals surface area contributed by atoms with E-state index in [1.165, 1.54) is 0 Å². The Morgan fingerprint density at radius 1 is 1.32 bits per heavy atom. The van der Waals surface area contributed by atoms with Gasteiger partial charge in [0, 0.05) is 5.69 Å². The van der Waals surface area contributed by atoms with E-state index in [1.54, 1.807) is 24.5 Å². The summed E-state index contributed by atoms with van der Waals surface area (Å²) in [6.07, 6.45) is 3.79. The maximum atomic E-state index is 12.4. The van der Waals surface area contributed by atoms with Gasteiger partial charge in [-0.05, 0) is 30.7 Å². The lowest BCUT2D eigenvalue weighted by atomic mass is 10.1. The molecule has 1 aromatic heterocycles. The number of aliphatic hydroxyl groups is 1. The highest BCUT2D eigenvalue weighted by Crippen LogP contribution is 2.16. The van der Waals surface area contributed by atoms with Crippen molar-refractivity contribution < 1.29 is 14.3 Å². The maximum absolute atomic E-state index is 12.4. The van der Waals surface area contributed by atoms with Gasteiger partial charge < -0.3 is 20.2 Å². The highest BCUT2D eigenvalue weighted by atomic mass is 16.3. The third-order valence-electron chi connectivity index (χ3n) is 3.21. The number of furan rings is 1. The van der Waals surface area contributed by atoms with Gasteiger partial charge in [0.15, 0.2) is 0 Å². The summed E-state index contributed by atoms with van der Waals surface area (Å²) in [7, 11) is 0. The summed E-state index contributed by atoms with van der Waals surface area (Å²) in [4.78, 5) is 12.4. The number of benzene rings is 1. The van der Waals surface area contributed by atoms with E-state index in [9.17, 15) is 9.90 Å². The van der Waals surface area contributed by atoms with Crippen molar-refractivity contribution in [3.05, 3.63) is 66.6 Å². The van der Waals surface area contributed by atoms with E-state index in [2.05, 4.69) is 17.2 Å². The Morgan fingerprint density at radius 3 is 2.82 bits per heavy atom. The molecule has 5 heteroatoms. The molecule has 0 spiro atoms. The molecule has 1 heterocycles. The van der Waals surface area contributed by atoms with Gasteiger partial charge in [-0.3, -0.25) is 4.79 Å². The smallest absolute Gasteiger partial charge is 0.253 e. The number of rotatable bonds is 8. The van der Waals surface area contributed by atoms with Gasteiger partial charge in [-0.15, -0.1) is 6.58 Å².